The monoisotopic (exact) mass is 481 g/mol. The highest BCUT2D eigenvalue weighted by atomic mass is 32.1. The van der Waals surface area contributed by atoms with E-state index in [4.69, 9.17) is 10.5 Å². The first kappa shape index (κ1) is 22.7. The summed E-state index contributed by atoms with van der Waals surface area (Å²) in [4.78, 5) is 31.8. The van der Waals surface area contributed by atoms with Crippen LogP contribution in [-0.4, -0.2) is 47.7 Å². The molecule has 1 saturated heterocycles. The van der Waals surface area contributed by atoms with E-state index in [0.29, 0.717) is 23.8 Å². The van der Waals surface area contributed by atoms with E-state index in [1.165, 1.54) is 57.5 Å². The molecule has 1 aliphatic carbocycles. The molecule has 0 radical (unpaired) electrons. The number of nitrogen functional groups attached to an aromatic ring is 1. The lowest BCUT2D eigenvalue weighted by Crippen LogP contribution is -2.35. The summed E-state index contributed by atoms with van der Waals surface area (Å²) >= 11 is 1.50. The van der Waals surface area contributed by atoms with Gasteiger partial charge in [0.2, 0.25) is 5.91 Å². The summed E-state index contributed by atoms with van der Waals surface area (Å²) in [5, 5.41) is 3.76. The van der Waals surface area contributed by atoms with E-state index in [1.807, 2.05) is 6.33 Å². The van der Waals surface area contributed by atoms with Crippen LogP contribution in [0.3, 0.4) is 0 Å². The maximum Gasteiger partial charge on any atom is 0.343 e. The molecule has 2 fully saturated rings. The van der Waals surface area contributed by atoms with E-state index in [9.17, 15) is 9.59 Å². The van der Waals surface area contributed by atoms with Crippen LogP contribution in [-0.2, 0) is 9.53 Å². The number of esters is 1. The maximum absolute atomic E-state index is 12.7. The number of carbonyl (C=O) groups is 2. The van der Waals surface area contributed by atoms with Crippen molar-refractivity contribution in [3.8, 4) is 10.4 Å². The van der Waals surface area contributed by atoms with E-state index in [2.05, 4.69) is 38.0 Å². The Balaban J connectivity index is 1.50. The van der Waals surface area contributed by atoms with Crippen LogP contribution in [0.15, 0.2) is 24.5 Å². The molecule has 2 aliphatic rings. The molecular formula is C25H31N5O3S. The zero-order valence-corrected chi connectivity index (χ0v) is 20.5. The van der Waals surface area contributed by atoms with E-state index >= 15 is 0 Å². The average Bonchev–Trinajstić information content (AvgIpc) is 3.55. The van der Waals surface area contributed by atoms with Gasteiger partial charge >= 0.3 is 5.97 Å². The van der Waals surface area contributed by atoms with Crippen LogP contribution in [0.2, 0.25) is 0 Å². The molecule has 34 heavy (non-hydrogen) atoms. The first-order valence-electron chi connectivity index (χ1n) is 12.0. The van der Waals surface area contributed by atoms with Crippen molar-refractivity contribution < 1.29 is 14.3 Å². The number of benzene rings is 1. The maximum atomic E-state index is 12.7. The van der Waals surface area contributed by atoms with Crippen LogP contribution < -0.4 is 16.0 Å². The van der Waals surface area contributed by atoms with Gasteiger partial charge < -0.3 is 25.3 Å². The van der Waals surface area contributed by atoms with Crippen molar-refractivity contribution in [2.24, 2.45) is 0 Å². The lowest BCUT2D eigenvalue weighted by Gasteiger charge is -2.23. The highest BCUT2D eigenvalue weighted by molar-refractivity contribution is 7.20. The topological polar surface area (TPSA) is 102 Å². The number of hydrogen-bond acceptors (Lipinski definition) is 7. The van der Waals surface area contributed by atoms with Crippen LogP contribution in [0.4, 0.5) is 10.7 Å². The number of hydrogen-bond donors (Lipinski definition) is 2. The van der Waals surface area contributed by atoms with Crippen LogP contribution in [0, 0.1) is 0 Å². The normalized spacial score (nSPS) is 19.0. The minimum atomic E-state index is -0.444. The van der Waals surface area contributed by atoms with Gasteiger partial charge in [0.1, 0.15) is 10.6 Å². The average molecular weight is 482 g/mol. The lowest BCUT2D eigenvalue weighted by molar-refractivity contribution is -0.119. The molecular weight excluding hydrogens is 450 g/mol. The number of nitrogens with one attached hydrogen (secondary N) is 1. The SMILES string of the molecule is COC(=O)c1c(N2CC[C@@H](NC(C)=O)C2)sc(-c2ccc3c(c2)ncn3C2CCCCC2)c1N. The minimum Gasteiger partial charge on any atom is -0.465 e. The quantitative estimate of drug-likeness (QED) is 0.525. The molecule has 0 bridgehead atoms. The number of imidazole rings is 1. The van der Waals surface area contributed by atoms with Gasteiger partial charge in [-0.15, -0.1) is 11.3 Å². The summed E-state index contributed by atoms with van der Waals surface area (Å²) in [5.74, 6) is -0.493. The number of ether oxygens (including phenoxy) is 1. The van der Waals surface area contributed by atoms with Gasteiger partial charge in [-0.25, -0.2) is 9.78 Å². The Morgan fingerprint density at radius 3 is 2.74 bits per heavy atom. The molecule has 9 heteroatoms. The number of anilines is 2. The molecule has 1 aliphatic heterocycles. The van der Waals surface area contributed by atoms with Crippen molar-refractivity contribution >= 4 is 44.9 Å². The van der Waals surface area contributed by atoms with Crippen molar-refractivity contribution in [1.29, 1.82) is 0 Å². The Morgan fingerprint density at radius 2 is 2.00 bits per heavy atom. The number of carbonyl (C=O) groups excluding carboxylic acids is 2. The predicted molar refractivity (Wildman–Crippen MR) is 135 cm³/mol. The molecule has 3 aromatic rings. The second kappa shape index (κ2) is 9.29. The number of methoxy groups -OCH3 is 1. The lowest BCUT2D eigenvalue weighted by atomic mass is 9.95. The van der Waals surface area contributed by atoms with Gasteiger partial charge in [-0.3, -0.25) is 4.79 Å². The predicted octanol–water partition coefficient (Wildman–Crippen LogP) is 4.35. The number of aromatic nitrogens is 2. The van der Waals surface area contributed by atoms with Gasteiger partial charge in [0.15, 0.2) is 0 Å². The zero-order valence-electron chi connectivity index (χ0n) is 19.7. The number of rotatable bonds is 5. The third-order valence-corrected chi connectivity index (χ3v) is 8.32. The molecule has 3 heterocycles. The fourth-order valence-corrected chi connectivity index (χ4v) is 6.58. The van der Waals surface area contributed by atoms with E-state index in [1.54, 1.807) is 0 Å². The molecule has 1 atom stereocenters. The molecule has 2 aromatic heterocycles. The zero-order chi connectivity index (χ0) is 23.8. The molecule has 5 rings (SSSR count). The minimum absolute atomic E-state index is 0.0487. The van der Waals surface area contributed by atoms with E-state index in [0.717, 1.165) is 39.4 Å². The van der Waals surface area contributed by atoms with Gasteiger partial charge in [-0.05, 0) is 37.0 Å². The number of amides is 1. The molecule has 3 N–H and O–H groups in total. The Labute approximate surface area is 203 Å². The third-order valence-electron chi connectivity index (χ3n) is 7.00. The summed E-state index contributed by atoms with van der Waals surface area (Å²) in [7, 11) is 1.37. The smallest absolute Gasteiger partial charge is 0.343 e. The van der Waals surface area contributed by atoms with Crippen LogP contribution in [0.25, 0.3) is 21.5 Å². The molecule has 0 spiro atoms. The Hall–Kier alpha value is -3.07. The summed E-state index contributed by atoms with van der Waals surface area (Å²) in [5.41, 5.74) is 10.4. The van der Waals surface area contributed by atoms with E-state index < -0.39 is 5.97 Å². The van der Waals surface area contributed by atoms with E-state index in [-0.39, 0.29) is 11.9 Å². The van der Waals surface area contributed by atoms with Gasteiger partial charge in [-0.2, -0.15) is 0 Å². The molecule has 0 unspecified atom stereocenters. The number of fused-ring (bicyclic) bond motifs is 1. The largest absolute Gasteiger partial charge is 0.465 e. The van der Waals surface area contributed by atoms with Gasteiger partial charge in [0.05, 0.1) is 35.0 Å². The van der Waals surface area contributed by atoms with Crippen molar-refractivity contribution in [2.45, 2.75) is 57.5 Å². The van der Waals surface area contributed by atoms with Gasteiger partial charge in [-0.1, -0.05) is 25.3 Å². The highest BCUT2D eigenvalue weighted by Gasteiger charge is 2.32. The third kappa shape index (κ3) is 4.13. The van der Waals surface area contributed by atoms with Crippen molar-refractivity contribution in [3.63, 3.8) is 0 Å². The Kier molecular flexibility index (Phi) is 6.20. The van der Waals surface area contributed by atoms with Crippen LogP contribution in [0.5, 0.6) is 0 Å². The highest BCUT2D eigenvalue weighted by Crippen LogP contribution is 2.46. The second-order valence-corrected chi connectivity index (χ2v) is 10.3. The van der Waals surface area contributed by atoms with Crippen molar-refractivity contribution in [3.05, 3.63) is 30.1 Å². The standard InChI is InChI=1S/C25H31N5O3S/c1-15(31)28-17-10-11-29(13-17)24-21(25(32)33-2)22(26)23(34-24)16-8-9-20-19(12-16)27-14-30(20)18-6-4-3-5-7-18/h8-9,12,14,17-18H,3-7,10-11,13,26H2,1-2H3,(H,28,31)/t17-/m1/s1. The molecule has 1 saturated carbocycles. The molecule has 1 aromatic carbocycles. The molecule has 180 valence electrons. The Bertz CT molecular complexity index is 1230. The summed E-state index contributed by atoms with van der Waals surface area (Å²) < 4.78 is 7.39. The van der Waals surface area contributed by atoms with Crippen molar-refractivity contribution in [2.75, 3.05) is 30.8 Å². The van der Waals surface area contributed by atoms with Gasteiger partial charge in [0.25, 0.3) is 0 Å². The molecule has 1 amide bonds. The fraction of sp³-hybridized carbons (Fsp3) is 0.480. The Morgan fingerprint density at radius 1 is 1.21 bits per heavy atom. The van der Waals surface area contributed by atoms with Gasteiger partial charge in [0, 0.05) is 32.1 Å². The summed E-state index contributed by atoms with van der Waals surface area (Å²) in [6, 6.07) is 6.81. The summed E-state index contributed by atoms with van der Waals surface area (Å²) in [6.45, 7) is 2.89. The first-order valence-corrected chi connectivity index (χ1v) is 12.8. The van der Waals surface area contributed by atoms with Crippen LogP contribution >= 0.6 is 11.3 Å². The number of thiophene rings is 1. The van der Waals surface area contributed by atoms with Crippen molar-refractivity contribution in [1.82, 2.24) is 14.9 Å². The molecule has 8 nitrogen and oxygen atoms in total. The first-order chi connectivity index (χ1) is 16.5. The van der Waals surface area contributed by atoms with Crippen LogP contribution in [0.1, 0.15) is 61.8 Å². The number of nitrogens with two attached hydrogens (primary N) is 1. The fourth-order valence-electron chi connectivity index (χ4n) is 5.34. The second-order valence-electron chi connectivity index (χ2n) is 9.30. The summed E-state index contributed by atoms with van der Waals surface area (Å²) in [6.07, 6.45) is 9.04. The number of nitrogens with zero attached hydrogens (tertiary/aromatic N) is 3.